The van der Waals surface area contributed by atoms with Crippen LogP contribution in [0.1, 0.15) is 17.3 Å². The second-order valence-corrected chi connectivity index (χ2v) is 10.4. The number of benzene rings is 2. The number of hydrogen-bond acceptors (Lipinski definition) is 6. The van der Waals surface area contributed by atoms with Crippen LogP contribution in [0.25, 0.3) is 10.2 Å². The molecule has 4 rings (SSSR count). The van der Waals surface area contributed by atoms with Crippen LogP contribution in [-0.4, -0.2) is 61.3 Å². The summed E-state index contributed by atoms with van der Waals surface area (Å²) >= 11 is 1.13. The van der Waals surface area contributed by atoms with Gasteiger partial charge in [0.05, 0.1) is 15.1 Å². The number of aromatic nitrogens is 1. The van der Waals surface area contributed by atoms with Gasteiger partial charge in [0, 0.05) is 44.0 Å². The summed E-state index contributed by atoms with van der Waals surface area (Å²) in [6.07, 6.45) is 0. The maximum absolute atomic E-state index is 13.0. The number of amides is 1. The summed E-state index contributed by atoms with van der Waals surface area (Å²) in [5.41, 5.74) is 1.64. The van der Waals surface area contributed by atoms with Crippen LogP contribution in [0.2, 0.25) is 0 Å². The highest BCUT2D eigenvalue weighted by Crippen LogP contribution is 2.23. The molecule has 1 aliphatic heterocycles. The lowest BCUT2D eigenvalue weighted by atomic mass is 10.2. The Balaban J connectivity index is 1.56. The van der Waals surface area contributed by atoms with E-state index in [0.717, 1.165) is 21.6 Å². The van der Waals surface area contributed by atoms with Crippen LogP contribution in [0.5, 0.6) is 0 Å². The zero-order valence-corrected chi connectivity index (χ0v) is 19.0. The van der Waals surface area contributed by atoms with Gasteiger partial charge in [-0.25, -0.2) is 8.42 Å². The van der Waals surface area contributed by atoms with E-state index < -0.39 is 15.9 Å². The van der Waals surface area contributed by atoms with Gasteiger partial charge in [-0.3, -0.25) is 14.2 Å². The van der Waals surface area contributed by atoms with Crippen LogP contribution in [0.3, 0.4) is 0 Å². The van der Waals surface area contributed by atoms with Gasteiger partial charge in [0.25, 0.3) is 5.91 Å². The Morgan fingerprint density at radius 2 is 1.84 bits per heavy atom. The first-order valence-electron chi connectivity index (χ1n) is 10.0. The van der Waals surface area contributed by atoms with E-state index in [-0.39, 0.29) is 15.3 Å². The maximum atomic E-state index is 13.0. The summed E-state index contributed by atoms with van der Waals surface area (Å²) in [7, 11) is -1.70. The molecule has 10 heteroatoms. The van der Waals surface area contributed by atoms with Gasteiger partial charge < -0.3 is 10.2 Å². The number of nitrogens with zero attached hydrogens (tertiary/aromatic N) is 3. The Kier molecular flexibility index (Phi) is 5.98. The molecule has 0 bridgehead atoms. The van der Waals surface area contributed by atoms with Crippen molar-refractivity contribution in [3.05, 3.63) is 57.7 Å². The third-order valence-corrected chi connectivity index (χ3v) is 8.28. The lowest BCUT2D eigenvalue weighted by Crippen LogP contribution is -2.47. The number of nitrogens with one attached hydrogen (secondary N) is 1. The number of fused-ring (bicyclic) bond motifs is 1. The summed E-state index contributed by atoms with van der Waals surface area (Å²) in [6, 6.07) is 11.4. The number of thiazole rings is 1. The molecule has 2 aromatic carbocycles. The number of hydrogen-bond donors (Lipinski definition) is 1. The summed E-state index contributed by atoms with van der Waals surface area (Å²) in [5.74, 6) is -0.406. The lowest BCUT2D eigenvalue weighted by Gasteiger charge is -2.31. The predicted molar refractivity (Wildman–Crippen MR) is 122 cm³/mol. The van der Waals surface area contributed by atoms with Crippen molar-refractivity contribution in [2.75, 3.05) is 38.5 Å². The fourth-order valence-electron chi connectivity index (χ4n) is 3.62. The van der Waals surface area contributed by atoms with Gasteiger partial charge in [-0.1, -0.05) is 17.4 Å². The van der Waals surface area contributed by atoms with E-state index in [1.54, 1.807) is 34.9 Å². The zero-order chi connectivity index (χ0) is 22.2. The largest absolute Gasteiger partial charge is 0.322 e. The Morgan fingerprint density at radius 3 is 2.55 bits per heavy atom. The number of anilines is 1. The van der Waals surface area contributed by atoms with Gasteiger partial charge in [-0.15, -0.1) is 0 Å². The highest BCUT2D eigenvalue weighted by Gasteiger charge is 2.28. The van der Waals surface area contributed by atoms with Crippen LogP contribution >= 0.6 is 11.3 Å². The average Bonchev–Trinajstić information content (AvgIpc) is 3.08. The average molecular weight is 461 g/mol. The lowest BCUT2D eigenvalue weighted by molar-refractivity contribution is 0.102. The molecule has 8 nitrogen and oxygen atoms in total. The van der Waals surface area contributed by atoms with Crippen LogP contribution in [-0.2, 0) is 16.6 Å². The second kappa shape index (κ2) is 8.54. The van der Waals surface area contributed by atoms with Crippen molar-refractivity contribution in [1.29, 1.82) is 0 Å². The highest BCUT2D eigenvalue weighted by molar-refractivity contribution is 7.89. The maximum Gasteiger partial charge on any atom is 0.308 e. The smallest absolute Gasteiger partial charge is 0.308 e. The first-order valence-corrected chi connectivity index (χ1v) is 12.3. The Labute approximate surface area is 184 Å². The summed E-state index contributed by atoms with van der Waals surface area (Å²) < 4.78 is 29.9. The van der Waals surface area contributed by atoms with Crippen LogP contribution in [0.4, 0.5) is 5.69 Å². The molecule has 31 heavy (non-hydrogen) atoms. The van der Waals surface area contributed by atoms with Gasteiger partial charge in [0.1, 0.15) is 0 Å². The summed E-state index contributed by atoms with van der Waals surface area (Å²) in [4.78, 5) is 27.0. The molecule has 1 aliphatic rings. The molecule has 0 aliphatic carbocycles. The molecule has 0 saturated carbocycles. The van der Waals surface area contributed by atoms with Gasteiger partial charge in [-0.05, 0) is 50.4 Å². The molecule has 1 saturated heterocycles. The minimum absolute atomic E-state index is 0.0391. The molecule has 1 aromatic heterocycles. The van der Waals surface area contributed by atoms with Crippen molar-refractivity contribution in [3.63, 3.8) is 0 Å². The van der Waals surface area contributed by atoms with E-state index in [1.807, 2.05) is 14.0 Å². The van der Waals surface area contributed by atoms with Crippen molar-refractivity contribution in [1.82, 2.24) is 13.8 Å². The monoisotopic (exact) mass is 460 g/mol. The SMILES string of the molecule is CCn1c(=O)sc2cc(NC(=O)c3cccc(S(=O)(=O)N4CCN(C)CC4)c3)ccc21. The van der Waals surface area contributed by atoms with Crippen LogP contribution in [0, 0.1) is 0 Å². The van der Waals surface area contributed by atoms with Crippen molar-refractivity contribution < 1.29 is 13.2 Å². The van der Waals surface area contributed by atoms with E-state index in [2.05, 4.69) is 10.2 Å². The highest BCUT2D eigenvalue weighted by atomic mass is 32.2. The minimum atomic E-state index is -3.66. The second-order valence-electron chi connectivity index (χ2n) is 7.48. The minimum Gasteiger partial charge on any atom is -0.322 e. The Morgan fingerprint density at radius 1 is 1.10 bits per heavy atom. The van der Waals surface area contributed by atoms with E-state index in [1.165, 1.54) is 16.4 Å². The molecule has 0 radical (unpaired) electrons. The van der Waals surface area contributed by atoms with Gasteiger partial charge in [0.2, 0.25) is 10.0 Å². The number of carbonyl (C=O) groups excluding carboxylic acids is 1. The van der Waals surface area contributed by atoms with Crippen molar-refractivity contribution in [2.45, 2.75) is 18.4 Å². The first kappa shape index (κ1) is 21.7. The van der Waals surface area contributed by atoms with Crippen molar-refractivity contribution >= 4 is 43.2 Å². The van der Waals surface area contributed by atoms with Crippen LogP contribution < -0.4 is 10.2 Å². The Bertz CT molecular complexity index is 1290. The third kappa shape index (κ3) is 4.29. The van der Waals surface area contributed by atoms with E-state index >= 15 is 0 Å². The standard InChI is InChI=1S/C21H24N4O4S2/c1-3-25-18-8-7-16(14-19(18)30-21(25)27)22-20(26)15-5-4-6-17(13-15)31(28,29)24-11-9-23(2)10-12-24/h4-8,13-14H,3,9-12H2,1-2H3,(H,22,26). The molecule has 1 N–H and O–H groups in total. The molecule has 2 heterocycles. The number of aryl methyl sites for hydroxylation is 1. The topological polar surface area (TPSA) is 91.7 Å². The summed E-state index contributed by atoms with van der Waals surface area (Å²) in [5, 5.41) is 2.80. The molecule has 1 amide bonds. The molecule has 0 spiro atoms. The number of piperazine rings is 1. The molecular formula is C21H24N4O4S2. The fraction of sp³-hybridized carbons (Fsp3) is 0.333. The van der Waals surface area contributed by atoms with Gasteiger partial charge in [0.15, 0.2) is 0 Å². The predicted octanol–water partition coefficient (Wildman–Crippen LogP) is 2.27. The fourth-order valence-corrected chi connectivity index (χ4v) is 6.09. The zero-order valence-electron chi connectivity index (χ0n) is 17.4. The number of carbonyl (C=O) groups is 1. The molecular weight excluding hydrogens is 436 g/mol. The molecule has 164 valence electrons. The number of likely N-dealkylation sites (N-methyl/N-ethyl adjacent to an activating group) is 1. The Hall–Kier alpha value is -2.53. The third-order valence-electron chi connectivity index (χ3n) is 5.44. The van der Waals surface area contributed by atoms with E-state index in [4.69, 9.17) is 0 Å². The summed E-state index contributed by atoms with van der Waals surface area (Å²) in [6.45, 7) is 4.69. The molecule has 1 fully saturated rings. The van der Waals surface area contributed by atoms with Crippen molar-refractivity contribution in [2.24, 2.45) is 0 Å². The molecule has 0 unspecified atom stereocenters. The number of sulfonamides is 1. The van der Waals surface area contributed by atoms with Gasteiger partial charge in [-0.2, -0.15) is 4.31 Å². The number of rotatable bonds is 5. The molecule has 0 atom stereocenters. The van der Waals surface area contributed by atoms with Crippen molar-refractivity contribution in [3.8, 4) is 0 Å². The normalized spacial score (nSPS) is 15.9. The molecule has 3 aromatic rings. The first-order chi connectivity index (χ1) is 14.8. The van der Waals surface area contributed by atoms with Gasteiger partial charge >= 0.3 is 4.87 Å². The van der Waals surface area contributed by atoms with Crippen LogP contribution in [0.15, 0.2) is 52.2 Å². The quantitative estimate of drug-likeness (QED) is 0.631. The van der Waals surface area contributed by atoms with E-state index in [9.17, 15) is 18.0 Å². The van der Waals surface area contributed by atoms with E-state index in [0.29, 0.717) is 38.4 Å².